The largest absolute Gasteiger partial charge is 0.315 e. The SMILES string of the molecule is CCC1c2ccsc2CCN1CC(=O)Nc1sc(C)c(C)c1C#N. The van der Waals surface area contributed by atoms with Gasteiger partial charge in [-0.15, -0.1) is 22.7 Å². The van der Waals surface area contributed by atoms with Crippen molar-refractivity contribution in [3.63, 3.8) is 0 Å². The minimum atomic E-state index is -0.0371. The highest BCUT2D eigenvalue weighted by atomic mass is 32.1. The van der Waals surface area contributed by atoms with Crippen LogP contribution in [0.1, 0.15) is 45.8 Å². The van der Waals surface area contributed by atoms with Gasteiger partial charge < -0.3 is 5.32 Å². The highest BCUT2D eigenvalue weighted by Crippen LogP contribution is 2.35. The summed E-state index contributed by atoms with van der Waals surface area (Å²) in [6, 6.07) is 4.71. The van der Waals surface area contributed by atoms with E-state index in [9.17, 15) is 10.1 Å². The van der Waals surface area contributed by atoms with Gasteiger partial charge in [0.05, 0.1) is 12.1 Å². The number of hydrogen-bond acceptors (Lipinski definition) is 5. The van der Waals surface area contributed by atoms with Crippen molar-refractivity contribution in [1.29, 1.82) is 5.26 Å². The predicted molar refractivity (Wildman–Crippen MR) is 99.8 cm³/mol. The molecule has 6 heteroatoms. The zero-order chi connectivity index (χ0) is 17.3. The van der Waals surface area contributed by atoms with Gasteiger partial charge in [0.25, 0.3) is 0 Å². The number of aryl methyl sites for hydroxylation is 1. The van der Waals surface area contributed by atoms with Crippen LogP contribution in [0.15, 0.2) is 11.4 Å². The van der Waals surface area contributed by atoms with E-state index in [1.165, 1.54) is 21.8 Å². The van der Waals surface area contributed by atoms with Gasteiger partial charge in [-0.25, -0.2) is 0 Å². The van der Waals surface area contributed by atoms with Crippen molar-refractivity contribution < 1.29 is 4.79 Å². The van der Waals surface area contributed by atoms with Gasteiger partial charge in [0.1, 0.15) is 11.1 Å². The molecule has 2 aromatic rings. The number of nitriles is 1. The Morgan fingerprint density at radius 1 is 1.50 bits per heavy atom. The molecule has 1 aliphatic heterocycles. The second kappa shape index (κ2) is 7.06. The van der Waals surface area contributed by atoms with Crippen molar-refractivity contribution in [3.05, 3.63) is 37.9 Å². The van der Waals surface area contributed by atoms with Crippen LogP contribution in [0.4, 0.5) is 5.00 Å². The average molecular weight is 360 g/mol. The van der Waals surface area contributed by atoms with Gasteiger partial charge in [-0.2, -0.15) is 5.26 Å². The van der Waals surface area contributed by atoms with E-state index >= 15 is 0 Å². The lowest BCUT2D eigenvalue weighted by Crippen LogP contribution is -2.40. The van der Waals surface area contributed by atoms with E-state index in [0.29, 0.717) is 23.2 Å². The first-order valence-corrected chi connectivity index (χ1v) is 9.85. The molecule has 1 atom stereocenters. The second-order valence-electron chi connectivity index (χ2n) is 6.09. The molecule has 1 unspecified atom stereocenters. The van der Waals surface area contributed by atoms with Crippen LogP contribution in [0.25, 0.3) is 0 Å². The zero-order valence-corrected chi connectivity index (χ0v) is 15.8. The molecule has 0 aliphatic carbocycles. The number of rotatable bonds is 4. The van der Waals surface area contributed by atoms with E-state index in [1.54, 1.807) is 0 Å². The Kier molecular flexibility index (Phi) is 5.04. The second-order valence-corrected chi connectivity index (χ2v) is 8.32. The molecule has 0 aromatic carbocycles. The van der Waals surface area contributed by atoms with Gasteiger partial charge in [0.15, 0.2) is 0 Å². The summed E-state index contributed by atoms with van der Waals surface area (Å²) in [5.41, 5.74) is 2.93. The van der Waals surface area contributed by atoms with Crippen LogP contribution >= 0.6 is 22.7 Å². The number of carbonyl (C=O) groups excluding carboxylic acids is 1. The molecule has 4 nitrogen and oxygen atoms in total. The van der Waals surface area contributed by atoms with Gasteiger partial charge in [-0.05, 0) is 49.3 Å². The molecule has 1 amide bonds. The molecular formula is C18H21N3OS2. The lowest BCUT2D eigenvalue weighted by atomic mass is 9.98. The van der Waals surface area contributed by atoms with Gasteiger partial charge >= 0.3 is 0 Å². The summed E-state index contributed by atoms with van der Waals surface area (Å²) in [6.07, 6.45) is 2.01. The van der Waals surface area contributed by atoms with Crippen LogP contribution in [0.2, 0.25) is 0 Å². The van der Waals surface area contributed by atoms with Crippen molar-refractivity contribution in [1.82, 2.24) is 4.90 Å². The first kappa shape index (κ1) is 17.2. The summed E-state index contributed by atoms with van der Waals surface area (Å²) >= 11 is 3.30. The number of fused-ring (bicyclic) bond motifs is 1. The highest BCUT2D eigenvalue weighted by molar-refractivity contribution is 7.16. The number of carbonyl (C=O) groups is 1. The summed E-state index contributed by atoms with van der Waals surface area (Å²) in [6.45, 7) is 7.35. The summed E-state index contributed by atoms with van der Waals surface area (Å²) < 4.78 is 0. The topological polar surface area (TPSA) is 56.1 Å². The van der Waals surface area contributed by atoms with Crippen molar-refractivity contribution in [2.75, 3.05) is 18.4 Å². The number of amides is 1. The molecule has 3 heterocycles. The van der Waals surface area contributed by atoms with E-state index in [-0.39, 0.29) is 5.91 Å². The molecule has 126 valence electrons. The number of anilines is 1. The smallest absolute Gasteiger partial charge is 0.239 e. The molecule has 0 saturated carbocycles. The Hall–Kier alpha value is -1.68. The molecule has 0 radical (unpaired) electrons. The van der Waals surface area contributed by atoms with E-state index in [4.69, 9.17) is 0 Å². The summed E-state index contributed by atoms with van der Waals surface area (Å²) in [5.74, 6) is -0.0371. The number of nitrogens with one attached hydrogen (secondary N) is 1. The first-order valence-electron chi connectivity index (χ1n) is 8.15. The van der Waals surface area contributed by atoms with Crippen molar-refractivity contribution in [2.24, 2.45) is 0 Å². The van der Waals surface area contributed by atoms with Crippen LogP contribution < -0.4 is 5.32 Å². The molecule has 0 fully saturated rings. The van der Waals surface area contributed by atoms with Crippen molar-refractivity contribution >= 4 is 33.6 Å². The maximum absolute atomic E-state index is 12.5. The Bertz CT molecular complexity index is 800. The van der Waals surface area contributed by atoms with Gasteiger partial charge in [-0.1, -0.05) is 6.92 Å². The summed E-state index contributed by atoms with van der Waals surface area (Å²) in [4.78, 5) is 17.3. The van der Waals surface area contributed by atoms with E-state index in [0.717, 1.165) is 29.8 Å². The van der Waals surface area contributed by atoms with Crippen LogP contribution in [-0.4, -0.2) is 23.9 Å². The highest BCUT2D eigenvalue weighted by Gasteiger charge is 2.28. The molecule has 0 spiro atoms. The third-order valence-corrected chi connectivity index (χ3v) is 6.81. The van der Waals surface area contributed by atoms with Crippen LogP contribution in [0, 0.1) is 25.2 Å². The van der Waals surface area contributed by atoms with Gasteiger partial charge in [0.2, 0.25) is 5.91 Å². The number of hydrogen-bond donors (Lipinski definition) is 1. The fourth-order valence-electron chi connectivity index (χ4n) is 3.32. The fraction of sp³-hybridized carbons (Fsp3) is 0.444. The van der Waals surface area contributed by atoms with Gasteiger partial charge in [0, 0.05) is 22.3 Å². The first-order chi connectivity index (χ1) is 11.5. The number of nitrogens with zero attached hydrogens (tertiary/aromatic N) is 2. The fourth-order valence-corrected chi connectivity index (χ4v) is 5.27. The van der Waals surface area contributed by atoms with Crippen molar-refractivity contribution in [3.8, 4) is 6.07 Å². The summed E-state index contributed by atoms with van der Waals surface area (Å²) in [7, 11) is 0. The Morgan fingerprint density at radius 2 is 2.29 bits per heavy atom. The molecular weight excluding hydrogens is 338 g/mol. The normalized spacial score (nSPS) is 17.3. The molecule has 24 heavy (non-hydrogen) atoms. The third-order valence-electron chi connectivity index (χ3n) is 4.69. The molecule has 0 bridgehead atoms. The zero-order valence-electron chi connectivity index (χ0n) is 14.2. The van der Waals surface area contributed by atoms with Crippen molar-refractivity contribution in [2.45, 2.75) is 39.7 Å². The summed E-state index contributed by atoms with van der Waals surface area (Å²) in [5, 5.41) is 15.1. The minimum Gasteiger partial charge on any atom is -0.315 e. The van der Waals surface area contributed by atoms with Crippen LogP contribution in [-0.2, 0) is 11.2 Å². The molecule has 3 rings (SSSR count). The molecule has 1 N–H and O–H groups in total. The van der Waals surface area contributed by atoms with E-state index in [2.05, 4.69) is 34.7 Å². The van der Waals surface area contributed by atoms with E-state index in [1.807, 2.05) is 25.2 Å². The maximum Gasteiger partial charge on any atom is 0.239 e. The third kappa shape index (κ3) is 3.12. The Labute approximate surface area is 150 Å². The molecule has 2 aromatic heterocycles. The Morgan fingerprint density at radius 3 is 3.00 bits per heavy atom. The molecule has 0 saturated heterocycles. The Balaban J connectivity index is 1.72. The number of thiophene rings is 2. The van der Waals surface area contributed by atoms with E-state index < -0.39 is 0 Å². The standard InChI is InChI=1S/C18H21N3OS2/c1-4-15-13-6-8-23-16(13)5-7-21(15)10-17(22)20-18-14(9-19)11(2)12(3)24-18/h6,8,15H,4-5,7,10H2,1-3H3,(H,20,22). The lowest BCUT2D eigenvalue weighted by Gasteiger charge is -2.34. The quantitative estimate of drug-likeness (QED) is 0.888. The predicted octanol–water partition coefficient (Wildman–Crippen LogP) is 4.25. The van der Waals surface area contributed by atoms with Crippen LogP contribution in [0.5, 0.6) is 0 Å². The lowest BCUT2D eigenvalue weighted by molar-refractivity contribution is -0.118. The maximum atomic E-state index is 12.5. The van der Waals surface area contributed by atoms with Crippen LogP contribution in [0.3, 0.4) is 0 Å². The van der Waals surface area contributed by atoms with Gasteiger partial charge in [-0.3, -0.25) is 9.69 Å². The monoisotopic (exact) mass is 359 g/mol. The average Bonchev–Trinajstić information content (AvgIpc) is 3.12. The minimum absolute atomic E-state index is 0.0371. The molecule has 1 aliphatic rings.